The lowest BCUT2D eigenvalue weighted by Crippen LogP contribution is -2.33. The van der Waals surface area contributed by atoms with E-state index in [1.54, 1.807) is 36.6 Å². The van der Waals surface area contributed by atoms with Crippen molar-refractivity contribution in [2.45, 2.75) is 11.7 Å². The van der Waals surface area contributed by atoms with Gasteiger partial charge in [0.1, 0.15) is 5.75 Å². The molecular formula is C17H18ClNO2S2. The fraction of sp³-hybridized carbons (Fsp3) is 0.353. The van der Waals surface area contributed by atoms with Crippen LogP contribution in [0.15, 0.2) is 35.7 Å². The number of halogens is 1. The summed E-state index contributed by atoms with van der Waals surface area (Å²) in [6, 6.07) is 9.45. The van der Waals surface area contributed by atoms with Gasteiger partial charge in [0.05, 0.1) is 12.7 Å². The second-order valence-electron chi connectivity index (χ2n) is 5.30. The van der Waals surface area contributed by atoms with Gasteiger partial charge >= 0.3 is 0 Å². The highest BCUT2D eigenvalue weighted by Gasteiger charge is 2.25. The van der Waals surface area contributed by atoms with E-state index in [4.69, 9.17) is 16.3 Å². The molecule has 1 aliphatic rings. The Balaban J connectivity index is 1.74. The number of amides is 1. The summed E-state index contributed by atoms with van der Waals surface area (Å²) in [7, 11) is 1.57. The minimum absolute atomic E-state index is 0.00298. The summed E-state index contributed by atoms with van der Waals surface area (Å²) in [5.74, 6) is 1.51. The molecule has 0 bridgehead atoms. The van der Waals surface area contributed by atoms with Crippen molar-refractivity contribution in [3.63, 3.8) is 0 Å². The van der Waals surface area contributed by atoms with Gasteiger partial charge in [-0.2, -0.15) is 11.8 Å². The Morgan fingerprint density at radius 3 is 2.96 bits per heavy atom. The minimum atomic E-state index is -0.00298. The molecule has 1 saturated heterocycles. The van der Waals surface area contributed by atoms with Crippen LogP contribution in [0.5, 0.6) is 5.75 Å². The molecule has 3 nitrogen and oxygen atoms in total. The van der Waals surface area contributed by atoms with Gasteiger partial charge in [-0.25, -0.2) is 0 Å². The number of nitrogens with zero attached hydrogens (tertiary/aromatic N) is 1. The molecule has 1 amide bonds. The first-order valence-corrected chi connectivity index (χ1v) is 9.77. The SMILES string of the molecule is COc1ccc(Cl)cc1C(=O)N1CCSC(c2cccs2)CC1. The molecule has 23 heavy (non-hydrogen) atoms. The Kier molecular flexibility index (Phi) is 5.51. The fourth-order valence-electron chi connectivity index (χ4n) is 2.69. The van der Waals surface area contributed by atoms with Gasteiger partial charge in [-0.15, -0.1) is 11.3 Å². The molecule has 2 heterocycles. The molecule has 0 spiro atoms. The van der Waals surface area contributed by atoms with Gasteiger partial charge in [0, 0.05) is 34.0 Å². The average Bonchev–Trinajstić information content (AvgIpc) is 2.99. The van der Waals surface area contributed by atoms with E-state index in [0.717, 1.165) is 25.3 Å². The van der Waals surface area contributed by atoms with Crippen molar-refractivity contribution < 1.29 is 9.53 Å². The van der Waals surface area contributed by atoms with Crippen LogP contribution in [0.2, 0.25) is 5.02 Å². The quantitative estimate of drug-likeness (QED) is 0.785. The third-order valence-electron chi connectivity index (χ3n) is 3.88. The average molecular weight is 368 g/mol. The standard InChI is InChI=1S/C17H18ClNO2S2/c1-21-14-5-4-12(18)11-13(14)17(20)19-7-6-16(23-10-8-19)15-3-2-9-22-15/h2-5,9,11,16H,6-8,10H2,1H3. The first-order valence-electron chi connectivity index (χ1n) is 7.47. The zero-order valence-corrected chi connectivity index (χ0v) is 15.2. The predicted molar refractivity (Wildman–Crippen MR) is 98.0 cm³/mol. The summed E-state index contributed by atoms with van der Waals surface area (Å²) in [4.78, 5) is 16.2. The zero-order chi connectivity index (χ0) is 16.2. The Morgan fingerprint density at radius 1 is 1.35 bits per heavy atom. The molecule has 0 N–H and O–H groups in total. The summed E-state index contributed by atoms with van der Waals surface area (Å²) in [5.41, 5.74) is 0.541. The van der Waals surface area contributed by atoms with Crippen LogP contribution in [0.1, 0.15) is 26.9 Å². The number of hydrogen-bond donors (Lipinski definition) is 0. The van der Waals surface area contributed by atoms with E-state index in [0.29, 0.717) is 21.6 Å². The van der Waals surface area contributed by atoms with Gasteiger partial charge in [-0.1, -0.05) is 17.7 Å². The largest absolute Gasteiger partial charge is 0.496 e. The molecule has 1 aromatic carbocycles. The van der Waals surface area contributed by atoms with Gasteiger partial charge in [0.2, 0.25) is 0 Å². The number of thioether (sulfide) groups is 1. The van der Waals surface area contributed by atoms with Crippen LogP contribution in [0.3, 0.4) is 0 Å². The topological polar surface area (TPSA) is 29.5 Å². The van der Waals surface area contributed by atoms with Crippen molar-refractivity contribution in [1.82, 2.24) is 4.90 Å². The fourth-order valence-corrected chi connectivity index (χ4v) is 5.10. The first kappa shape index (κ1) is 16.7. The van der Waals surface area contributed by atoms with E-state index in [1.165, 1.54) is 4.88 Å². The van der Waals surface area contributed by atoms with Crippen LogP contribution in [0.4, 0.5) is 0 Å². The molecule has 1 aromatic heterocycles. The number of rotatable bonds is 3. The van der Waals surface area contributed by atoms with Crippen LogP contribution in [0.25, 0.3) is 0 Å². The second kappa shape index (κ2) is 7.60. The summed E-state index contributed by atoms with van der Waals surface area (Å²) in [5, 5.41) is 3.14. The van der Waals surface area contributed by atoms with E-state index < -0.39 is 0 Å². The monoisotopic (exact) mass is 367 g/mol. The third kappa shape index (κ3) is 3.84. The number of methoxy groups -OCH3 is 1. The van der Waals surface area contributed by atoms with E-state index in [-0.39, 0.29) is 5.91 Å². The predicted octanol–water partition coefficient (Wildman–Crippen LogP) is 4.73. The third-order valence-corrected chi connectivity index (χ3v) is 6.56. The zero-order valence-electron chi connectivity index (χ0n) is 12.8. The van der Waals surface area contributed by atoms with Crippen molar-refractivity contribution in [3.05, 3.63) is 51.2 Å². The van der Waals surface area contributed by atoms with Crippen molar-refractivity contribution in [2.75, 3.05) is 26.0 Å². The molecule has 1 unspecified atom stereocenters. The number of benzene rings is 1. The lowest BCUT2D eigenvalue weighted by Gasteiger charge is -2.21. The maximum Gasteiger partial charge on any atom is 0.257 e. The highest BCUT2D eigenvalue weighted by Crippen LogP contribution is 2.37. The Hall–Kier alpha value is -1.17. The Labute approximate surface area is 149 Å². The molecule has 1 fully saturated rings. The molecule has 6 heteroatoms. The smallest absolute Gasteiger partial charge is 0.257 e. The van der Waals surface area contributed by atoms with Gasteiger partial charge in [-0.3, -0.25) is 4.79 Å². The molecular weight excluding hydrogens is 350 g/mol. The summed E-state index contributed by atoms with van der Waals surface area (Å²) in [6.07, 6.45) is 0.972. The van der Waals surface area contributed by atoms with Gasteiger partial charge < -0.3 is 9.64 Å². The maximum atomic E-state index is 12.9. The van der Waals surface area contributed by atoms with Crippen LogP contribution in [0, 0.1) is 0 Å². The second-order valence-corrected chi connectivity index (χ2v) is 8.03. The van der Waals surface area contributed by atoms with Gasteiger partial charge in [0.25, 0.3) is 5.91 Å². The van der Waals surface area contributed by atoms with Crippen LogP contribution >= 0.6 is 34.7 Å². The summed E-state index contributed by atoms with van der Waals surface area (Å²) >= 11 is 9.77. The molecule has 0 saturated carbocycles. The lowest BCUT2D eigenvalue weighted by molar-refractivity contribution is 0.0763. The Bertz CT molecular complexity index is 675. The molecule has 0 radical (unpaired) electrons. The molecule has 3 rings (SSSR count). The first-order chi connectivity index (χ1) is 11.2. The number of ether oxygens (including phenoxy) is 1. The highest BCUT2D eigenvalue weighted by molar-refractivity contribution is 7.99. The van der Waals surface area contributed by atoms with E-state index in [1.807, 2.05) is 16.7 Å². The number of carbonyl (C=O) groups is 1. The van der Waals surface area contributed by atoms with E-state index in [9.17, 15) is 4.79 Å². The number of thiophene rings is 1. The number of carbonyl (C=O) groups excluding carboxylic acids is 1. The summed E-state index contributed by atoms with van der Waals surface area (Å²) < 4.78 is 5.31. The molecule has 122 valence electrons. The number of hydrogen-bond acceptors (Lipinski definition) is 4. The molecule has 2 aromatic rings. The van der Waals surface area contributed by atoms with Crippen molar-refractivity contribution >= 4 is 40.6 Å². The molecule has 1 atom stereocenters. The normalized spacial score (nSPS) is 18.5. The van der Waals surface area contributed by atoms with Crippen molar-refractivity contribution in [3.8, 4) is 5.75 Å². The van der Waals surface area contributed by atoms with Gasteiger partial charge in [0.15, 0.2) is 0 Å². The minimum Gasteiger partial charge on any atom is -0.496 e. The molecule has 1 aliphatic heterocycles. The van der Waals surface area contributed by atoms with Crippen molar-refractivity contribution in [2.24, 2.45) is 0 Å². The summed E-state index contributed by atoms with van der Waals surface area (Å²) in [6.45, 7) is 1.51. The van der Waals surface area contributed by atoms with Crippen LogP contribution in [-0.4, -0.2) is 36.8 Å². The van der Waals surface area contributed by atoms with E-state index in [2.05, 4.69) is 17.5 Å². The van der Waals surface area contributed by atoms with Crippen LogP contribution < -0.4 is 4.74 Å². The van der Waals surface area contributed by atoms with Gasteiger partial charge in [-0.05, 0) is 36.1 Å². The maximum absolute atomic E-state index is 12.9. The lowest BCUT2D eigenvalue weighted by atomic mass is 10.1. The van der Waals surface area contributed by atoms with Crippen molar-refractivity contribution in [1.29, 1.82) is 0 Å². The molecule has 0 aliphatic carbocycles. The Morgan fingerprint density at radius 2 is 2.22 bits per heavy atom. The van der Waals surface area contributed by atoms with Crippen LogP contribution in [-0.2, 0) is 0 Å². The highest BCUT2D eigenvalue weighted by atomic mass is 35.5. The van der Waals surface area contributed by atoms with E-state index >= 15 is 0 Å².